The minimum absolute atomic E-state index is 0.621. The summed E-state index contributed by atoms with van der Waals surface area (Å²) in [5, 5.41) is 7.54. The van der Waals surface area contributed by atoms with E-state index in [-0.39, 0.29) is 0 Å². The molecule has 0 spiro atoms. The topological polar surface area (TPSA) is 28.7 Å². The molecule has 0 bridgehead atoms. The predicted molar refractivity (Wildman–Crippen MR) is 59.9 cm³/mol. The molecule has 1 N–H and O–H groups in total. The second kappa shape index (κ2) is 3.90. The minimum Gasteiger partial charge on any atom is -0.267 e. The van der Waals surface area contributed by atoms with Gasteiger partial charge in [0.15, 0.2) is 0 Å². The standard InChI is InChI=1S/C10H7ClN2S/c11-8-3-1-2-7(6-8)9-4-5-10(14)13-12-9/h1-6H,(H,13,14). The number of benzene rings is 1. The van der Waals surface area contributed by atoms with Crippen molar-refractivity contribution in [2.45, 2.75) is 0 Å². The van der Waals surface area contributed by atoms with Gasteiger partial charge >= 0.3 is 0 Å². The van der Waals surface area contributed by atoms with Crippen molar-refractivity contribution in [1.29, 1.82) is 0 Å². The van der Waals surface area contributed by atoms with Crippen LogP contribution in [0.25, 0.3) is 11.3 Å². The van der Waals surface area contributed by atoms with Gasteiger partial charge in [-0.05, 0) is 24.3 Å². The summed E-state index contributed by atoms with van der Waals surface area (Å²) >= 11 is 10.8. The van der Waals surface area contributed by atoms with Gasteiger partial charge in [-0.3, -0.25) is 5.10 Å². The van der Waals surface area contributed by atoms with Crippen LogP contribution in [0.4, 0.5) is 0 Å². The number of hydrogen-bond donors (Lipinski definition) is 1. The highest BCUT2D eigenvalue weighted by atomic mass is 35.5. The van der Waals surface area contributed by atoms with Crippen LogP contribution in [0, 0.1) is 4.64 Å². The van der Waals surface area contributed by atoms with Crippen LogP contribution in [-0.2, 0) is 0 Å². The van der Waals surface area contributed by atoms with Crippen molar-refractivity contribution in [3.05, 3.63) is 46.1 Å². The van der Waals surface area contributed by atoms with E-state index in [1.54, 1.807) is 6.07 Å². The smallest absolute Gasteiger partial charge is 0.119 e. The fourth-order valence-electron chi connectivity index (χ4n) is 1.15. The van der Waals surface area contributed by atoms with Gasteiger partial charge in [0.05, 0.1) is 5.69 Å². The molecule has 1 aromatic heterocycles. The number of aromatic amines is 1. The number of rotatable bonds is 1. The van der Waals surface area contributed by atoms with Gasteiger partial charge in [-0.1, -0.05) is 36.0 Å². The van der Waals surface area contributed by atoms with E-state index in [0.29, 0.717) is 9.66 Å². The Morgan fingerprint density at radius 2 is 2.07 bits per heavy atom. The van der Waals surface area contributed by atoms with Crippen LogP contribution in [0.3, 0.4) is 0 Å². The Morgan fingerprint density at radius 1 is 1.21 bits per heavy atom. The fourth-order valence-corrected chi connectivity index (χ4v) is 1.46. The lowest BCUT2D eigenvalue weighted by molar-refractivity contribution is 1.02. The summed E-state index contributed by atoms with van der Waals surface area (Å²) in [5.41, 5.74) is 1.81. The first-order valence-electron chi connectivity index (χ1n) is 4.07. The second-order valence-electron chi connectivity index (χ2n) is 2.82. The Kier molecular flexibility index (Phi) is 2.61. The molecule has 2 nitrogen and oxygen atoms in total. The van der Waals surface area contributed by atoms with Crippen molar-refractivity contribution in [3.8, 4) is 11.3 Å². The fraction of sp³-hybridized carbons (Fsp3) is 0. The molecule has 70 valence electrons. The molecule has 0 atom stereocenters. The number of aromatic nitrogens is 2. The van der Waals surface area contributed by atoms with E-state index in [4.69, 9.17) is 23.8 Å². The van der Waals surface area contributed by atoms with Crippen LogP contribution in [0.1, 0.15) is 0 Å². The molecule has 0 amide bonds. The van der Waals surface area contributed by atoms with E-state index in [1.165, 1.54) is 0 Å². The van der Waals surface area contributed by atoms with Gasteiger partial charge in [-0.2, -0.15) is 5.10 Å². The third-order valence-electron chi connectivity index (χ3n) is 1.80. The van der Waals surface area contributed by atoms with Gasteiger partial charge in [0, 0.05) is 10.6 Å². The lowest BCUT2D eigenvalue weighted by Crippen LogP contribution is -1.86. The van der Waals surface area contributed by atoms with E-state index in [1.807, 2.05) is 30.3 Å². The lowest BCUT2D eigenvalue weighted by Gasteiger charge is -1.99. The third kappa shape index (κ3) is 2.00. The summed E-state index contributed by atoms with van der Waals surface area (Å²) in [6.07, 6.45) is 0. The van der Waals surface area contributed by atoms with Crippen molar-refractivity contribution in [1.82, 2.24) is 10.2 Å². The molecular formula is C10H7ClN2S. The maximum atomic E-state index is 5.87. The number of H-pyrrole nitrogens is 1. The summed E-state index contributed by atoms with van der Waals surface area (Å²) in [4.78, 5) is 0. The molecule has 0 radical (unpaired) electrons. The van der Waals surface area contributed by atoms with E-state index in [2.05, 4.69) is 10.2 Å². The highest BCUT2D eigenvalue weighted by molar-refractivity contribution is 7.71. The van der Waals surface area contributed by atoms with Crippen molar-refractivity contribution in [2.24, 2.45) is 0 Å². The monoisotopic (exact) mass is 222 g/mol. The Hall–Kier alpha value is -1.19. The average Bonchev–Trinajstić information content (AvgIpc) is 2.19. The molecule has 0 aliphatic heterocycles. The van der Waals surface area contributed by atoms with Crippen molar-refractivity contribution in [2.75, 3.05) is 0 Å². The van der Waals surface area contributed by atoms with Crippen LogP contribution < -0.4 is 0 Å². The molecule has 1 aromatic carbocycles. The van der Waals surface area contributed by atoms with Crippen LogP contribution in [0.2, 0.25) is 5.02 Å². The summed E-state index contributed by atoms with van der Waals surface area (Å²) in [6.45, 7) is 0. The summed E-state index contributed by atoms with van der Waals surface area (Å²) < 4.78 is 0.621. The van der Waals surface area contributed by atoms with Crippen LogP contribution >= 0.6 is 23.8 Å². The van der Waals surface area contributed by atoms with E-state index >= 15 is 0 Å². The predicted octanol–water partition coefficient (Wildman–Crippen LogP) is 3.46. The maximum absolute atomic E-state index is 5.87. The first kappa shape index (κ1) is 9.37. The largest absolute Gasteiger partial charge is 0.267 e. The van der Waals surface area contributed by atoms with Gasteiger partial charge < -0.3 is 0 Å². The summed E-state index contributed by atoms with van der Waals surface area (Å²) in [7, 11) is 0. The molecule has 2 rings (SSSR count). The molecule has 1 heterocycles. The number of nitrogens with zero attached hydrogens (tertiary/aromatic N) is 1. The zero-order valence-electron chi connectivity index (χ0n) is 7.20. The van der Waals surface area contributed by atoms with Gasteiger partial charge in [0.25, 0.3) is 0 Å². The Balaban J connectivity index is 2.49. The Labute approximate surface area is 91.6 Å². The van der Waals surface area contributed by atoms with Gasteiger partial charge in [0.2, 0.25) is 0 Å². The average molecular weight is 223 g/mol. The molecular weight excluding hydrogens is 216 g/mol. The van der Waals surface area contributed by atoms with Crippen molar-refractivity contribution < 1.29 is 0 Å². The van der Waals surface area contributed by atoms with Crippen molar-refractivity contribution in [3.63, 3.8) is 0 Å². The highest BCUT2D eigenvalue weighted by Gasteiger charge is 1.98. The van der Waals surface area contributed by atoms with E-state index in [0.717, 1.165) is 11.3 Å². The normalized spacial score (nSPS) is 10.1. The Bertz CT molecular complexity index is 487. The van der Waals surface area contributed by atoms with Gasteiger partial charge in [0.1, 0.15) is 4.64 Å². The zero-order valence-corrected chi connectivity index (χ0v) is 8.77. The molecule has 4 heteroatoms. The molecule has 0 aliphatic carbocycles. The summed E-state index contributed by atoms with van der Waals surface area (Å²) in [6, 6.07) is 11.2. The zero-order chi connectivity index (χ0) is 9.97. The maximum Gasteiger partial charge on any atom is 0.119 e. The second-order valence-corrected chi connectivity index (χ2v) is 3.69. The van der Waals surface area contributed by atoms with Crippen LogP contribution in [0.5, 0.6) is 0 Å². The molecule has 0 aliphatic rings. The van der Waals surface area contributed by atoms with Crippen LogP contribution in [0.15, 0.2) is 36.4 Å². The van der Waals surface area contributed by atoms with Crippen LogP contribution in [-0.4, -0.2) is 10.2 Å². The van der Waals surface area contributed by atoms with Gasteiger partial charge in [-0.15, -0.1) is 0 Å². The molecule has 14 heavy (non-hydrogen) atoms. The quantitative estimate of drug-likeness (QED) is 0.749. The third-order valence-corrected chi connectivity index (χ3v) is 2.26. The first-order chi connectivity index (χ1) is 6.75. The number of halogens is 1. The number of hydrogen-bond acceptors (Lipinski definition) is 2. The Morgan fingerprint density at radius 3 is 2.71 bits per heavy atom. The molecule has 0 unspecified atom stereocenters. The van der Waals surface area contributed by atoms with Gasteiger partial charge in [-0.25, -0.2) is 0 Å². The summed E-state index contributed by atoms with van der Waals surface area (Å²) in [5.74, 6) is 0. The first-order valence-corrected chi connectivity index (χ1v) is 4.86. The molecule has 2 aromatic rings. The SMILES string of the molecule is S=c1ccc(-c2cccc(Cl)c2)n[nH]1. The molecule has 0 fully saturated rings. The lowest BCUT2D eigenvalue weighted by atomic mass is 10.1. The van der Waals surface area contributed by atoms with E-state index in [9.17, 15) is 0 Å². The van der Waals surface area contributed by atoms with E-state index < -0.39 is 0 Å². The molecule has 0 saturated heterocycles. The molecule has 0 saturated carbocycles. The highest BCUT2D eigenvalue weighted by Crippen LogP contribution is 2.19. The van der Waals surface area contributed by atoms with Crippen molar-refractivity contribution >= 4 is 23.8 Å². The number of nitrogens with one attached hydrogen (secondary N) is 1. The minimum atomic E-state index is 0.621.